The van der Waals surface area contributed by atoms with E-state index in [1.807, 2.05) is 20.8 Å². The molecule has 1 rings (SSSR count). The van der Waals surface area contributed by atoms with E-state index < -0.39 is 36.3 Å². The van der Waals surface area contributed by atoms with Gasteiger partial charge in [-0.05, 0) is 27.2 Å². The van der Waals surface area contributed by atoms with Gasteiger partial charge in [-0.25, -0.2) is 4.79 Å². The fourth-order valence-corrected chi connectivity index (χ4v) is 2.54. The van der Waals surface area contributed by atoms with Gasteiger partial charge in [0, 0.05) is 39.1 Å². The summed E-state index contributed by atoms with van der Waals surface area (Å²) in [5.74, 6) is 0. The first kappa shape index (κ1) is 19.0. The van der Waals surface area contributed by atoms with Gasteiger partial charge in [0.2, 0.25) is 0 Å². The summed E-state index contributed by atoms with van der Waals surface area (Å²) < 4.78 is 43.4. The van der Waals surface area contributed by atoms with Gasteiger partial charge in [-0.1, -0.05) is 0 Å². The topological polar surface area (TPSA) is 61.8 Å². The molecule has 1 heterocycles. The Morgan fingerprint density at radius 1 is 1.36 bits per heavy atom. The Kier molecular flexibility index (Phi) is 5.72. The lowest BCUT2D eigenvalue weighted by atomic mass is 9.91. The molecule has 1 aliphatic rings. The van der Waals surface area contributed by atoms with Crippen molar-refractivity contribution in [1.29, 1.82) is 0 Å². The molecule has 5 nitrogen and oxygen atoms in total. The van der Waals surface area contributed by atoms with Crippen molar-refractivity contribution >= 4 is 6.03 Å². The maximum atomic E-state index is 12.7. The zero-order valence-corrected chi connectivity index (χ0v) is 13.5. The summed E-state index contributed by atoms with van der Waals surface area (Å²) >= 11 is 0. The lowest BCUT2D eigenvalue weighted by Crippen LogP contribution is -2.56. The second-order valence-electron chi connectivity index (χ2n) is 6.53. The molecular formula is C14H25F3N2O3. The van der Waals surface area contributed by atoms with Crippen molar-refractivity contribution in [3.63, 3.8) is 0 Å². The van der Waals surface area contributed by atoms with E-state index in [1.54, 1.807) is 7.11 Å². The number of amides is 2. The number of likely N-dealkylation sites (tertiary alicyclic amines) is 1. The van der Waals surface area contributed by atoms with Crippen LogP contribution in [0.3, 0.4) is 0 Å². The molecule has 0 radical (unpaired) electrons. The highest BCUT2D eigenvalue weighted by atomic mass is 19.4. The van der Waals surface area contributed by atoms with Crippen LogP contribution >= 0.6 is 0 Å². The summed E-state index contributed by atoms with van der Waals surface area (Å²) in [5, 5.41) is 12.3. The molecule has 2 N–H and O–H groups in total. The van der Waals surface area contributed by atoms with Gasteiger partial charge in [0.15, 0.2) is 5.60 Å². The highest BCUT2D eigenvalue weighted by Gasteiger charge is 2.54. The number of methoxy groups -OCH3 is 1. The molecule has 1 unspecified atom stereocenters. The third kappa shape index (κ3) is 4.74. The fourth-order valence-electron chi connectivity index (χ4n) is 2.54. The molecule has 1 aliphatic heterocycles. The van der Waals surface area contributed by atoms with Crippen molar-refractivity contribution in [3.05, 3.63) is 0 Å². The minimum absolute atomic E-state index is 0.123. The van der Waals surface area contributed by atoms with Gasteiger partial charge in [-0.2, -0.15) is 13.2 Å². The van der Waals surface area contributed by atoms with Crippen LogP contribution in [0.1, 0.15) is 40.0 Å². The molecule has 0 saturated carbocycles. The smallest absolute Gasteiger partial charge is 0.380 e. The van der Waals surface area contributed by atoms with E-state index in [-0.39, 0.29) is 19.1 Å². The predicted molar refractivity (Wildman–Crippen MR) is 75.5 cm³/mol. The minimum Gasteiger partial charge on any atom is -0.380 e. The number of aliphatic hydroxyl groups is 1. The lowest BCUT2D eigenvalue weighted by molar-refractivity contribution is -0.271. The maximum absolute atomic E-state index is 12.7. The van der Waals surface area contributed by atoms with Crippen molar-refractivity contribution in [2.24, 2.45) is 0 Å². The first-order valence-electron chi connectivity index (χ1n) is 7.30. The maximum Gasteiger partial charge on any atom is 0.417 e. The van der Waals surface area contributed by atoms with Crippen LogP contribution in [0.25, 0.3) is 0 Å². The number of nitrogens with one attached hydrogen (secondary N) is 1. The van der Waals surface area contributed by atoms with Crippen LogP contribution in [0, 0.1) is 0 Å². The third-order valence-electron chi connectivity index (χ3n) is 4.13. The van der Waals surface area contributed by atoms with Crippen molar-refractivity contribution in [1.82, 2.24) is 10.2 Å². The van der Waals surface area contributed by atoms with E-state index in [2.05, 4.69) is 5.32 Å². The molecule has 0 aromatic heterocycles. The summed E-state index contributed by atoms with van der Waals surface area (Å²) in [6.07, 6.45) is -5.08. The van der Waals surface area contributed by atoms with Gasteiger partial charge >= 0.3 is 12.2 Å². The molecule has 0 aliphatic carbocycles. The predicted octanol–water partition coefficient (Wildman–Crippen LogP) is 2.29. The Bertz CT molecular complexity index is 391. The van der Waals surface area contributed by atoms with Gasteiger partial charge in [0.05, 0.1) is 5.60 Å². The van der Waals surface area contributed by atoms with Crippen LogP contribution in [0.4, 0.5) is 18.0 Å². The van der Waals surface area contributed by atoms with E-state index in [4.69, 9.17) is 4.74 Å². The standard InChI is InChI=1S/C14H25F3N2O3/c1-10(9-12(2,3)22-4)18-11(20)19-7-5-13(21,6-8-19)14(15,16)17/h10,21H,5-9H2,1-4H3,(H,18,20). The van der Waals surface area contributed by atoms with Gasteiger partial charge in [0.25, 0.3) is 0 Å². The lowest BCUT2D eigenvalue weighted by Gasteiger charge is -2.39. The zero-order valence-electron chi connectivity index (χ0n) is 13.5. The first-order valence-corrected chi connectivity index (χ1v) is 7.30. The van der Waals surface area contributed by atoms with E-state index >= 15 is 0 Å². The number of carbonyl (C=O) groups excluding carboxylic acids is 1. The number of urea groups is 1. The van der Waals surface area contributed by atoms with Gasteiger partial charge in [-0.3, -0.25) is 0 Å². The van der Waals surface area contributed by atoms with E-state index in [9.17, 15) is 23.1 Å². The Morgan fingerprint density at radius 3 is 2.27 bits per heavy atom. The second kappa shape index (κ2) is 6.62. The number of alkyl halides is 3. The number of halogens is 3. The molecule has 1 saturated heterocycles. The van der Waals surface area contributed by atoms with E-state index in [0.717, 1.165) is 0 Å². The normalized spacial score (nSPS) is 20.6. The van der Waals surface area contributed by atoms with Crippen molar-refractivity contribution in [2.45, 2.75) is 63.5 Å². The van der Waals surface area contributed by atoms with Crippen molar-refractivity contribution < 1.29 is 27.8 Å². The summed E-state index contributed by atoms with van der Waals surface area (Å²) in [7, 11) is 1.58. The van der Waals surface area contributed by atoms with Crippen molar-refractivity contribution in [2.75, 3.05) is 20.2 Å². The van der Waals surface area contributed by atoms with E-state index in [1.165, 1.54) is 4.90 Å². The largest absolute Gasteiger partial charge is 0.417 e. The molecule has 2 amide bonds. The Morgan fingerprint density at radius 2 is 1.86 bits per heavy atom. The molecule has 130 valence electrons. The Hall–Kier alpha value is -1.02. The van der Waals surface area contributed by atoms with Crippen LogP contribution in [0.2, 0.25) is 0 Å². The molecule has 0 aromatic rings. The van der Waals surface area contributed by atoms with E-state index in [0.29, 0.717) is 6.42 Å². The Balaban J connectivity index is 2.50. The fraction of sp³-hybridized carbons (Fsp3) is 0.929. The molecule has 0 aromatic carbocycles. The summed E-state index contributed by atoms with van der Waals surface area (Å²) in [5.41, 5.74) is -3.08. The molecule has 1 fully saturated rings. The second-order valence-corrected chi connectivity index (χ2v) is 6.53. The summed E-state index contributed by atoms with van der Waals surface area (Å²) in [6, 6.07) is -0.588. The van der Waals surface area contributed by atoms with Crippen LogP contribution in [-0.2, 0) is 4.74 Å². The van der Waals surface area contributed by atoms with Gasteiger partial charge < -0.3 is 20.1 Å². The molecule has 8 heteroatoms. The zero-order chi connectivity index (χ0) is 17.2. The SMILES string of the molecule is COC(C)(C)CC(C)NC(=O)N1CCC(O)(C(F)(F)F)CC1. The Labute approximate surface area is 128 Å². The van der Waals surface area contributed by atoms with Crippen LogP contribution < -0.4 is 5.32 Å². The molecule has 22 heavy (non-hydrogen) atoms. The summed E-state index contributed by atoms with van der Waals surface area (Å²) in [4.78, 5) is 13.4. The van der Waals surface area contributed by atoms with Crippen LogP contribution in [-0.4, -0.2) is 59.7 Å². The first-order chi connectivity index (χ1) is 9.90. The minimum atomic E-state index is -4.66. The number of carbonyl (C=O) groups is 1. The van der Waals surface area contributed by atoms with Crippen LogP contribution in [0.15, 0.2) is 0 Å². The number of nitrogens with zero attached hydrogens (tertiary/aromatic N) is 1. The number of hydrogen-bond acceptors (Lipinski definition) is 3. The highest BCUT2D eigenvalue weighted by Crippen LogP contribution is 2.38. The van der Waals surface area contributed by atoms with Crippen molar-refractivity contribution in [3.8, 4) is 0 Å². The molecular weight excluding hydrogens is 301 g/mol. The molecule has 1 atom stereocenters. The average Bonchev–Trinajstić information content (AvgIpc) is 2.37. The average molecular weight is 326 g/mol. The quantitative estimate of drug-likeness (QED) is 0.833. The van der Waals surface area contributed by atoms with Gasteiger partial charge in [-0.15, -0.1) is 0 Å². The number of piperidine rings is 1. The highest BCUT2D eigenvalue weighted by molar-refractivity contribution is 5.74. The van der Waals surface area contributed by atoms with Gasteiger partial charge in [0.1, 0.15) is 0 Å². The summed E-state index contributed by atoms with van der Waals surface area (Å²) in [6.45, 7) is 5.35. The number of rotatable bonds is 4. The molecule has 0 spiro atoms. The number of hydrogen-bond donors (Lipinski definition) is 2. The molecule has 0 bridgehead atoms. The van der Waals surface area contributed by atoms with Crippen LogP contribution in [0.5, 0.6) is 0 Å². The third-order valence-corrected chi connectivity index (χ3v) is 4.13. The number of ether oxygens (including phenoxy) is 1. The monoisotopic (exact) mass is 326 g/mol.